The molecule has 0 radical (unpaired) electrons. The van der Waals surface area contributed by atoms with Crippen LogP contribution in [-0.2, 0) is 9.53 Å². The molecule has 1 aliphatic rings. The Morgan fingerprint density at radius 1 is 1.58 bits per heavy atom. The minimum Gasteiger partial charge on any atom is -0.462 e. The fourth-order valence-corrected chi connectivity index (χ4v) is 1.50. The molecular weight excluding hydrogens is 285 g/mol. The van der Waals surface area contributed by atoms with Crippen LogP contribution in [0.1, 0.15) is 6.92 Å². The SMILES string of the molecule is CCOC(=O)C(C#N)=C1NC=C(C(F)(F)F)C=C1Cl. The predicted octanol–water partition coefficient (Wildman–Crippen LogP) is 2.50. The van der Waals surface area contributed by atoms with Gasteiger partial charge >= 0.3 is 12.1 Å². The summed E-state index contributed by atoms with van der Waals surface area (Å²) in [7, 11) is 0. The van der Waals surface area contributed by atoms with Crippen LogP contribution in [0.3, 0.4) is 0 Å². The molecule has 0 amide bonds. The van der Waals surface area contributed by atoms with Gasteiger partial charge in [0.15, 0.2) is 5.57 Å². The van der Waals surface area contributed by atoms with Crippen LogP contribution in [0.25, 0.3) is 0 Å². The van der Waals surface area contributed by atoms with Gasteiger partial charge in [0, 0.05) is 6.20 Å². The van der Waals surface area contributed by atoms with E-state index in [0.29, 0.717) is 12.3 Å². The second-order valence-corrected chi connectivity index (χ2v) is 3.72. The van der Waals surface area contributed by atoms with Crippen molar-refractivity contribution in [1.82, 2.24) is 5.32 Å². The molecule has 0 aliphatic carbocycles. The minimum absolute atomic E-state index is 0.0300. The zero-order chi connectivity index (χ0) is 14.6. The summed E-state index contributed by atoms with van der Waals surface area (Å²) >= 11 is 5.64. The molecule has 0 aromatic carbocycles. The quantitative estimate of drug-likeness (QED) is 0.482. The van der Waals surface area contributed by atoms with Gasteiger partial charge in [0.05, 0.1) is 22.9 Å². The Bertz CT molecular complexity index is 527. The monoisotopic (exact) mass is 292 g/mol. The zero-order valence-corrected chi connectivity index (χ0v) is 10.4. The predicted molar refractivity (Wildman–Crippen MR) is 60.5 cm³/mol. The van der Waals surface area contributed by atoms with Crippen LogP contribution in [0.2, 0.25) is 0 Å². The summed E-state index contributed by atoms with van der Waals surface area (Å²) in [4.78, 5) is 11.4. The lowest BCUT2D eigenvalue weighted by atomic mass is 10.1. The molecule has 0 saturated heterocycles. The standard InChI is InChI=1S/C11H8ClF3N2O2/c1-2-19-10(18)7(4-16)9-8(12)3-6(5-17-9)11(13,14)15/h3,5,17H,2H2,1H3. The van der Waals surface area contributed by atoms with E-state index in [2.05, 4.69) is 10.1 Å². The molecule has 1 N–H and O–H groups in total. The molecule has 102 valence electrons. The first-order chi connectivity index (χ1) is 8.81. The topological polar surface area (TPSA) is 62.1 Å². The summed E-state index contributed by atoms with van der Waals surface area (Å²) < 4.78 is 41.9. The van der Waals surface area contributed by atoms with Gasteiger partial charge in [-0.1, -0.05) is 11.6 Å². The highest BCUT2D eigenvalue weighted by atomic mass is 35.5. The molecule has 0 bridgehead atoms. The molecule has 0 aromatic rings. The van der Waals surface area contributed by atoms with Crippen molar-refractivity contribution in [1.29, 1.82) is 5.26 Å². The van der Waals surface area contributed by atoms with Crippen molar-refractivity contribution in [2.75, 3.05) is 6.61 Å². The van der Waals surface area contributed by atoms with Crippen molar-refractivity contribution < 1.29 is 22.7 Å². The Morgan fingerprint density at radius 3 is 2.63 bits per heavy atom. The number of carbonyl (C=O) groups excluding carboxylic acids is 1. The van der Waals surface area contributed by atoms with Gasteiger partial charge in [-0.2, -0.15) is 18.4 Å². The molecule has 0 saturated carbocycles. The smallest absolute Gasteiger partial charge is 0.417 e. The van der Waals surface area contributed by atoms with E-state index in [4.69, 9.17) is 16.9 Å². The van der Waals surface area contributed by atoms with Crippen LogP contribution in [0, 0.1) is 11.3 Å². The van der Waals surface area contributed by atoms with E-state index in [1.54, 1.807) is 6.07 Å². The fourth-order valence-electron chi connectivity index (χ4n) is 1.23. The Kier molecular flexibility index (Phi) is 4.62. The highest BCUT2D eigenvalue weighted by molar-refractivity contribution is 6.32. The first-order valence-corrected chi connectivity index (χ1v) is 5.42. The maximum absolute atomic E-state index is 12.4. The van der Waals surface area contributed by atoms with Crippen LogP contribution >= 0.6 is 11.6 Å². The van der Waals surface area contributed by atoms with Crippen molar-refractivity contribution in [3.8, 4) is 6.07 Å². The number of nitriles is 1. The molecule has 0 fully saturated rings. The Hall–Kier alpha value is -1.94. The van der Waals surface area contributed by atoms with E-state index < -0.39 is 23.3 Å². The molecule has 0 atom stereocenters. The normalized spacial score (nSPS) is 17.7. The Balaban J connectivity index is 3.14. The van der Waals surface area contributed by atoms with Gasteiger partial charge in [0.2, 0.25) is 0 Å². The highest BCUT2D eigenvalue weighted by Crippen LogP contribution is 2.32. The highest BCUT2D eigenvalue weighted by Gasteiger charge is 2.35. The first-order valence-electron chi connectivity index (χ1n) is 5.04. The summed E-state index contributed by atoms with van der Waals surface area (Å²) in [6.07, 6.45) is -3.32. The van der Waals surface area contributed by atoms with Gasteiger partial charge in [-0.3, -0.25) is 0 Å². The molecule has 8 heteroatoms. The van der Waals surface area contributed by atoms with Gasteiger partial charge < -0.3 is 10.1 Å². The lowest BCUT2D eigenvalue weighted by Crippen LogP contribution is -2.22. The van der Waals surface area contributed by atoms with Crippen molar-refractivity contribution in [3.05, 3.63) is 34.2 Å². The number of nitrogens with one attached hydrogen (secondary N) is 1. The van der Waals surface area contributed by atoms with Crippen molar-refractivity contribution >= 4 is 17.6 Å². The van der Waals surface area contributed by atoms with E-state index in [0.717, 1.165) is 0 Å². The van der Waals surface area contributed by atoms with E-state index in [1.807, 2.05) is 0 Å². The van der Waals surface area contributed by atoms with E-state index in [9.17, 15) is 18.0 Å². The zero-order valence-electron chi connectivity index (χ0n) is 9.64. The summed E-state index contributed by atoms with van der Waals surface area (Å²) in [5.74, 6) is -0.956. The second-order valence-electron chi connectivity index (χ2n) is 3.32. The Morgan fingerprint density at radius 2 is 2.21 bits per heavy atom. The number of rotatable bonds is 2. The molecule has 1 heterocycles. The number of halogens is 4. The molecule has 0 unspecified atom stereocenters. The minimum atomic E-state index is -4.57. The van der Waals surface area contributed by atoms with Gasteiger partial charge in [0.1, 0.15) is 6.07 Å². The third-order valence-electron chi connectivity index (χ3n) is 2.06. The molecule has 1 rings (SSSR count). The number of carbonyl (C=O) groups is 1. The molecular formula is C11H8ClF3N2O2. The largest absolute Gasteiger partial charge is 0.462 e. The maximum atomic E-state index is 12.4. The lowest BCUT2D eigenvalue weighted by molar-refractivity contribution is -0.138. The maximum Gasteiger partial charge on any atom is 0.417 e. The summed E-state index contributed by atoms with van der Waals surface area (Å²) in [5, 5.41) is 10.6. The molecule has 1 aliphatic heterocycles. The van der Waals surface area contributed by atoms with Crippen LogP contribution < -0.4 is 5.32 Å². The van der Waals surface area contributed by atoms with Gasteiger partial charge in [-0.05, 0) is 13.0 Å². The second kappa shape index (κ2) is 5.80. The van der Waals surface area contributed by atoms with Gasteiger partial charge in [-0.25, -0.2) is 4.79 Å². The average Bonchev–Trinajstić information content (AvgIpc) is 2.31. The summed E-state index contributed by atoms with van der Waals surface area (Å²) in [5.41, 5.74) is -1.71. The molecule has 0 aromatic heterocycles. The van der Waals surface area contributed by atoms with Crippen molar-refractivity contribution in [2.24, 2.45) is 0 Å². The number of alkyl halides is 3. The number of hydrogen-bond donors (Lipinski definition) is 1. The summed E-state index contributed by atoms with van der Waals surface area (Å²) in [6, 6.07) is 1.55. The van der Waals surface area contributed by atoms with E-state index >= 15 is 0 Å². The van der Waals surface area contributed by atoms with Crippen LogP contribution in [-0.4, -0.2) is 18.8 Å². The van der Waals surface area contributed by atoms with Gasteiger partial charge in [-0.15, -0.1) is 0 Å². The number of nitrogens with zero attached hydrogens (tertiary/aromatic N) is 1. The average molecular weight is 293 g/mol. The number of ether oxygens (including phenoxy) is 1. The first kappa shape index (κ1) is 15.1. The van der Waals surface area contributed by atoms with E-state index in [1.165, 1.54) is 6.92 Å². The number of hydrogen-bond acceptors (Lipinski definition) is 4. The van der Waals surface area contributed by atoms with Crippen molar-refractivity contribution in [3.63, 3.8) is 0 Å². The van der Waals surface area contributed by atoms with E-state index in [-0.39, 0.29) is 17.3 Å². The molecule has 0 spiro atoms. The van der Waals surface area contributed by atoms with Crippen LogP contribution in [0.4, 0.5) is 13.2 Å². The molecule has 19 heavy (non-hydrogen) atoms. The summed E-state index contributed by atoms with van der Waals surface area (Å²) in [6.45, 7) is 1.56. The van der Waals surface area contributed by atoms with Crippen LogP contribution in [0.5, 0.6) is 0 Å². The lowest BCUT2D eigenvalue weighted by Gasteiger charge is -2.17. The van der Waals surface area contributed by atoms with Crippen molar-refractivity contribution in [2.45, 2.75) is 13.1 Å². The Labute approximate surface area is 111 Å². The number of dihydropyridines is 1. The third-order valence-corrected chi connectivity index (χ3v) is 2.36. The number of esters is 1. The molecule has 4 nitrogen and oxygen atoms in total. The number of allylic oxidation sites excluding steroid dienone is 3. The third kappa shape index (κ3) is 3.51. The fraction of sp³-hybridized carbons (Fsp3) is 0.273. The van der Waals surface area contributed by atoms with Crippen LogP contribution in [0.15, 0.2) is 34.2 Å². The van der Waals surface area contributed by atoms with Gasteiger partial charge in [0.25, 0.3) is 0 Å².